The molecule has 0 atom stereocenters. The second-order valence-corrected chi connectivity index (χ2v) is 10.8. The molecule has 4 aromatic rings. The fourth-order valence-electron chi connectivity index (χ4n) is 5.05. The van der Waals surface area contributed by atoms with Gasteiger partial charge in [0.2, 0.25) is 0 Å². The summed E-state index contributed by atoms with van der Waals surface area (Å²) in [5, 5.41) is 24.0. The van der Waals surface area contributed by atoms with E-state index in [1.54, 1.807) is 30.8 Å². The Kier molecular flexibility index (Phi) is 7.42. The number of piperidine rings is 1. The van der Waals surface area contributed by atoms with E-state index in [0.29, 0.717) is 34.7 Å². The summed E-state index contributed by atoms with van der Waals surface area (Å²) in [4.78, 5) is 6.90. The number of hydrogen-bond acceptors (Lipinski definition) is 6. The summed E-state index contributed by atoms with van der Waals surface area (Å²) in [5.41, 5.74) is 1.92. The van der Waals surface area contributed by atoms with Crippen LogP contribution in [0.15, 0.2) is 48.9 Å². The van der Waals surface area contributed by atoms with Gasteiger partial charge >= 0.3 is 0 Å². The van der Waals surface area contributed by atoms with Gasteiger partial charge in [0.15, 0.2) is 0 Å². The van der Waals surface area contributed by atoms with Gasteiger partial charge in [-0.3, -0.25) is 0 Å². The van der Waals surface area contributed by atoms with Crippen molar-refractivity contribution in [1.29, 1.82) is 5.26 Å². The van der Waals surface area contributed by atoms with Crippen molar-refractivity contribution in [2.75, 3.05) is 24.6 Å². The smallest absolute Gasteiger partial charge is 0.142 e. The maximum Gasteiger partial charge on any atom is 0.142 e. The number of aliphatic hydroxyl groups is 1. The van der Waals surface area contributed by atoms with Crippen LogP contribution < -0.4 is 9.64 Å². The molecule has 1 N–H and O–H groups in total. The van der Waals surface area contributed by atoms with E-state index in [0.717, 1.165) is 42.9 Å². The quantitative estimate of drug-likeness (QED) is 0.326. The van der Waals surface area contributed by atoms with E-state index in [1.807, 2.05) is 18.2 Å². The number of aromatic nitrogens is 3. The third kappa shape index (κ3) is 5.75. The Morgan fingerprint density at radius 3 is 2.48 bits per heavy atom. The molecule has 0 aliphatic carbocycles. The summed E-state index contributed by atoms with van der Waals surface area (Å²) in [6, 6.07) is 10.6. The molecule has 1 aliphatic rings. The predicted octanol–water partition coefficient (Wildman–Crippen LogP) is 5.14. The van der Waals surface area contributed by atoms with Crippen LogP contribution in [0.25, 0.3) is 16.6 Å². The number of hydrogen-bond donors (Lipinski definition) is 1. The fourth-order valence-corrected chi connectivity index (χ4v) is 5.05. The van der Waals surface area contributed by atoms with Crippen LogP contribution in [0.3, 0.4) is 0 Å². The molecule has 7 nitrogen and oxygen atoms in total. The third-order valence-corrected chi connectivity index (χ3v) is 7.07. The number of ether oxygens (including phenoxy) is 1. The molecule has 1 fully saturated rings. The molecule has 5 rings (SSSR count). The first-order chi connectivity index (χ1) is 19.1. The highest BCUT2D eigenvalue weighted by atomic mass is 19.1. The Balaban J connectivity index is 1.30. The normalized spacial score (nSPS) is 14.2. The minimum atomic E-state index is -1.01. The van der Waals surface area contributed by atoms with Crippen LogP contribution in [-0.4, -0.2) is 45.0 Å². The Morgan fingerprint density at radius 1 is 1.15 bits per heavy atom. The van der Waals surface area contributed by atoms with Gasteiger partial charge in [-0.1, -0.05) is 5.92 Å². The van der Waals surface area contributed by atoms with Crippen LogP contribution in [-0.2, 0) is 6.42 Å². The van der Waals surface area contributed by atoms with Crippen LogP contribution in [0.1, 0.15) is 43.4 Å². The summed E-state index contributed by atoms with van der Waals surface area (Å²) in [5.74, 6) is 2.32. The molecule has 0 radical (unpaired) electrons. The van der Waals surface area contributed by atoms with Crippen molar-refractivity contribution in [2.24, 2.45) is 5.92 Å². The van der Waals surface area contributed by atoms with E-state index in [1.165, 1.54) is 18.3 Å². The first-order valence-corrected chi connectivity index (χ1v) is 13.1. The number of terminal acetylenes is 1. The zero-order valence-corrected chi connectivity index (χ0v) is 22.4. The average molecular weight is 542 g/mol. The average Bonchev–Trinajstić information content (AvgIpc) is 3.35. The van der Waals surface area contributed by atoms with E-state index in [9.17, 15) is 19.1 Å². The van der Waals surface area contributed by atoms with Crippen molar-refractivity contribution in [3.63, 3.8) is 0 Å². The molecule has 0 amide bonds. The molecule has 1 aliphatic heterocycles. The molecule has 0 saturated carbocycles. The van der Waals surface area contributed by atoms with E-state index in [-0.39, 0.29) is 12.2 Å². The number of nitriles is 1. The third-order valence-electron chi connectivity index (χ3n) is 7.07. The monoisotopic (exact) mass is 541 g/mol. The van der Waals surface area contributed by atoms with Crippen LogP contribution in [0.4, 0.5) is 14.6 Å². The van der Waals surface area contributed by atoms with Crippen molar-refractivity contribution in [1.82, 2.24) is 14.6 Å². The number of fused-ring (bicyclic) bond motifs is 1. The fraction of sp³-hybridized carbons (Fsp3) is 0.323. The van der Waals surface area contributed by atoms with Gasteiger partial charge in [0.1, 0.15) is 35.9 Å². The molecule has 0 bridgehead atoms. The number of benzene rings is 1. The van der Waals surface area contributed by atoms with Crippen molar-refractivity contribution in [3.8, 4) is 35.3 Å². The second-order valence-electron chi connectivity index (χ2n) is 10.8. The van der Waals surface area contributed by atoms with Crippen LogP contribution >= 0.6 is 0 Å². The zero-order valence-electron chi connectivity index (χ0n) is 22.4. The standard InChI is InChI=1S/C31H29F2N5O2/c1-4-25-27(32)12-21(13-28(25)33)11-20-7-9-37(10-8-20)29-6-5-22(16-35-29)26-14-24(40-19-31(2,3)39)18-38-30(26)23(15-34)17-36-38/h1,5-6,12-14,16-18,20,39H,7-11,19H2,2-3H3. The minimum absolute atomic E-state index is 0.0948. The first kappa shape index (κ1) is 27.1. The highest BCUT2D eigenvalue weighted by molar-refractivity contribution is 5.85. The highest BCUT2D eigenvalue weighted by Crippen LogP contribution is 2.32. The van der Waals surface area contributed by atoms with Gasteiger partial charge in [0.25, 0.3) is 0 Å². The second kappa shape index (κ2) is 11.0. The van der Waals surface area contributed by atoms with Gasteiger partial charge in [-0.25, -0.2) is 18.3 Å². The lowest BCUT2D eigenvalue weighted by Gasteiger charge is -2.33. The van der Waals surface area contributed by atoms with Gasteiger partial charge in [-0.15, -0.1) is 6.42 Å². The molecule has 1 aromatic carbocycles. The van der Waals surface area contributed by atoms with Gasteiger partial charge in [-0.05, 0) is 74.9 Å². The van der Waals surface area contributed by atoms with E-state index in [2.05, 4.69) is 22.0 Å². The maximum absolute atomic E-state index is 14.1. The number of rotatable bonds is 7. The van der Waals surface area contributed by atoms with Gasteiger partial charge in [-0.2, -0.15) is 10.4 Å². The minimum Gasteiger partial charge on any atom is -0.489 e. The molecular formula is C31H29F2N5O2. The van der Waals surface area contributed by atoms with E-state index >= 15 is 0 Å². The molecule has 0 unspecified atom stereocenters. The lowest BCUT2D eigenvalue weighted by molar-refractivity contribution is 0.0283. The summed E-state index contributed by atoms with van der Waals surface area (Å²) < 4.78 is 35.6. The van der Waals surface area contributed by atoms with E-state index < -0.39 is 17.2 Å². The number of nitrogens with zero attached hydrogens (tertiary/aromatic N) is 5. The molecule has 0 spiro atoms. The topological polar surface area (TPSA) is 86.7 Å². The van der Waals surface area contributed by atoms with Crippen LogP contribution in [0.2, 0.25) is 0 Å². The van der Waals surface area contributed by atoms with Crippen molar-refractivity contribution in [2.45, 2.75) is 38.7 Å². The molecular weight excluding hydrogens is 512 g/mol. The molecule has 9 heteroatoms. The lowest BCUT2D eigenvalue weighted by Crippen LogP contribution is -2.34. The molecule has 3 aromatic heterocycles. The maximum atomic E-state index is 14.1. The first-order valence-electron chi connectivity index (χ1n) is 13.1. The molecule has 40 heavy (non-hydrogen) atoms. The summed E-state index contributed by atoms with van der Waals surface area (Å²) in [6.07, 6.45) is 12.5. The largest absolute Gasteiger partial charge is 0.489 e. The lowest BCUT2D eigenvalue weighted by atomic mass is 9.89. The van der Waals surface area contributed by atoms with Crippen LogP contribution in [0, 0.1) is 41.2 Å². The molecule has 204 valence electrons. The Hall–Kier alpha value is -4.47. The Bertz CT molecular complexity index is 1600. The Morgan fingerprint density at radius 2 is 1.88 bits per heavy atom. The van der Waals surface area contributed by atoms with Gasteiger partial charge in [0.05, 0.1) is 34.6 Å². The Labute approximate surface area is 231 Å². The molecule has 1 saturated heterocycles. The summed E-state index contributed by atoms with van der Waals surface area (Å²) in [6.45, 7) is 4.97. The highest BCUT2D eigenvalue weighted by Gasteiger charge is 2.22. The van der Waals surface area contributed by atoms with Gasteiger partial charge < -0.3 is 14.7 Å². The van der Waals surface area contributed by atoms with Gasteiger partial charge in [0, 0.05) is 30.4 Å². The van der Waals surface area contributed by atoms with Crippen molar-refractivity contribution < 1.29 is 18.6 Å². The zero-order chi connectivity index (χ0) is 28.4. The van der Waals surface area contributed by atoms with Crippen molar-refractivity contribution >= 4 is 11.3 Å². The van der Waals surface area contributed by atoms with E-state index in [4.69, 9.17) is 16.1 Å². The molecule has 4 heterocycles. The predicted molar refractivity (Wildman–Crippen MR) is 148 cm³/mol. The summed E-state index contributed by atoms with van der Waals surface area (Å²) >= 11 is 0. The number of pyridine rings is 2. The summed E-state index contributed by atoms with van der Waals surface area (Å²) in [7, 11) is 0. The van der Waals surface area contributed by atoms with Crippen molar-refractivity contribution in [3.05, 3.63) is 77.2 Å². The van der Waals surface area contributed by atoms with Crippen LogP contribution in [0.5, 0.6) is 5.75 Å². The SMILES string of the molecule is C#Cc1c(F)cc(CC2CCN(c3ccc(-c4cc(OCC(C)(C)O)cn5ncc(C#N)c45)cn3)CC2)cc1F. The number of halogens is 2. The number of anilines is 1.